The lowest BCUT2D eigenvalue weighted by atomic mass is 10.1. The van der Waals surface area contributed by atoms with Crippen molar-refractivity contribution >= 4 is 5.78 Å². The van der Waals surface area contributed by atoms with Crippen LogP contribution in [0, 0.1) is 0 Å². The molecule has 0 atom stereocenters. The third-order valence-electron chi connectivity index (χ3n) is 1.30. The van der Waals surface area contributed by atoms with E-state index < -0.39 is 0 Å². The van der Waals surface area contributed by atoms with Crippen molar-refractivity contribution in [1.82, 2.24) is 0 Å². The average molecular weight is 138 g/mol. The molecule has 0 aliphatic carbocycles. The van der Waals surface area contributed by atoms with Crippen molar-refractivity contribution in [2.24, 2.45) is 0 Å². The second kappa shape index (κ2) is 4.98. The predicted octanol–water partition coefficient (Wildman–Crippen LogP) is 2.49. The Balaban J connectivity index is 3.80. The van der Waals surface area contributed by atoms with Crippen molar-refractivity contribution in [3.63, 3.8) is 0 Å². The van der Waals surface area contributed by atoms with Crippen LogP contribution in [0.15, 0.2) is 23.8 Å². The molecule has 0 rings (SSSR count). The van der Waals surface area contributed by atoms with Crippen molar-refractivity contribution in [3.05, 3.63) is 23.8 Å². The smallest absolute Gasteiger partial charge is 0.159 e. The van der Waals surface area contributed by atoms with Gasteiger partial charge < -0.3 is 0 Å². The summed E-state index contributed by atoms with van der Waals surface area (Å²) in [5, 5.41) is 0. The summed E-state index contributed by atoms with van der Waals surface area (Å²) < 4.78 is 0. The molecule has 10 heavy (non-hydrogen) atoms. The van der Waals surface area contributed by atoms with Crippen LogP contribution in [-0.4, -0.2) is 5.78 Å². The summed E-state index contributed by atoms with van der Waals surface area (Å²) in [5.41, 5.74) is 1.13. The van der Waals surface area contributed by atoms with Crippen molar-refractivity contribution < 1.29 is 4.79 Å². The fourth-order valence-corrected chi connectivity index (χ4v) is 0.622. The van der Waals surface area contributed by atoms with Gasteiger partial charge in [-0.3, -0.25) is 4.79 Å². The maximum absolute atomic E-state index is 10.9. The highest BCUT2D eigenvalue weighted by Crippen LogP contribution is 1.99. The van der Waals surface area contributed by atoms with Gasteiger partial charge in [0.05, 0.1) is 0 Å². The molecule has 1 heteroatoms. The number of allylic oxidation sites excluding steroid dienone is 4. The van der Waals surface area contributed by atoms with Gasteiger partial charge in [0.1, 0.15) is 0 Å². The average Bonchev–Trinajstić information content (AvgIpc) is 1.88. The van der Waals surface area contributed by atoms with Crippen LogP contribution in [0.5, 0.6) is 0 Å². The molecule has 0 aliphatic heterocycles. The van der Waals surface area contributed by atoms with Crippen LogP contribution in [0.25, 0.3) is 0 Å². The van der Waals surface area contributed by atoms with E-state index in [1.54, 1.807) is 12.2 Å². The number of rotatable bonds is 3. The molecule has 0 aromatic carbocycles. The summed E-state index contributed by atoms with van der Waals surface area (Å²) in [7, 11) is 0. The third-order valence-corrected chi connectivity index (χ3v) is 1.30. The van der Waals surface area contributed by atoms with Gasteiger partial charge in [-0.2, -0.15) is 0 Å². The minimum atomic E-state index is 0.179. The molecule has 56 valence electrons. The molecule has 0 saturated carbocycles. The van der Waals surface area contributed by atoms with Gasteiger partial charge in [-0.15, -0.1) is 0 Å². The number of carbonyl (C=O) groups excluding carboxylic acids is 1. The summed E-state index contributed by atoms with van der Waals surface area (Å²) in [6.07, 6.45) is 5.89. The minimum absolute atomic E-state index is 0.179. The first-order valence-electron chi connectivity index (χ1n) is 3.48. The Hall–Kier alpha value is -0.850. The van der Waals surface area contributed by atoms with Gasteiger partial charge in [-0.25, -0.2) is 0 Å². The maximum atomic E-state index is 10.9. The van der Waals surface area contributed by atoms with Crippen molar-refractivity contribution in [2.75, 3.05) is 0 Å². The molecule has 0 unspecified atom stereocenters. The highest BCUT2D eigenvalue weighted by Gasteiger charge is 1.94. The zero-order chi connectivity index (χ0) is 7.98. The predicted molar refractivity (Wildman–Crippen MR) is 43.9 cm³/mol. The Kier molecular flexibility index (Phi) is 4.55. The van der Waals surface area contributed by atoms with E-state index in [0.29, 0.717) is 6.42 Å². The van der Waals surface area contributed by atoms with Gasteiger partial charge in [-0.1, -0.05) is 17.7 Å². The summed E-state index contributed by atoms with van der Waals surface area (Å²) in [4.78, 5) is 10.9. The maximum Gasteiger partial charge on any atom is 0.159 e. The second-order valence-electron chi connectivity index (χ2n) is 2.28. The van der Waals surface area contributed by atoms with E-state index in [1.807, 2.05) is 26.8 Å². The topological polar surface area (TPSA) is 17.1 Å². The molecule has 0 N–H and O–H groups in total. The molecule has 0 aromatic heterocycles. The number of hydrogen-bond acceptors (Lipinski definition) is 1. The largest absolute Gasteiger partial charge is 0.295 e. The van der Waals surface area contributed by atoms with Gasteiger partial charge >= 0.3 is 0 Å². The fourth-order valence-electron chi connectivity index (χ4n) is 0.622. The highest BCUT2D eigenvalue weighted by molar-refractivity contribution is 5.91. The van der Waals surface area contributed by atoms with Gasteiger partial charge in [0.2, 0.25) is 0 Å². The van der Waals surface area contributed by atoms with Crippen LogP contribution in [0.4, 0.5) is 0 Å². The molecule has 0 fully saturated rings. The van der Waals surface area contributed by atoms with Crippen molar-refractivity contribution in [2.45, 2.75) is 27.2 Å². The summed E-state index contributed by atoms with van der Waals surface area (Å²) in [6, 6.07) is 0. The standard InChI is InChI=1S/C9H14O/c1-4-6-9(10)7-8(3)5-2/h4-6H,7H2,1-3H3/b6-4-,8-5-. The van der Waals surface area contributed by atoms with E-state index in [4.69, 9.17) is 0 Å². The molecule has 0 radical (unpaired) electrons. The molecule has 0 bridgehead atoms. The first-order chi connectivity index (χ1) is 4.70. The molecule has 0 amide bonds. The Bertz CT molecular complexity index is 164. The second-order valence-corrected chi connectivity index (χ2v) is 2.28. The van der Waals surface area contributed by atoms with Crippen LogP contribution in [0.3, 0.4) is 0 Å². The van der Waals surface area contributed by atoms with Gasteiger partial charge in [0.25, 0.3) is 0 Å². The number of carbonyl (C=O) groups is 1. The molecular weight excluding hydrogens is 124 g/mol. The lowest BCUT2D eigenvalue weighted by molar-refractivity contribution is -0.114. The summed E-state index contributed by atoms with van der Waals surface area (Å²) in [6.45, 7) is 5.75. The molecule has 0 aromatic rings. The van der Waals surface area contributed by atoms with Crippen LogP contribution in [0.1, 0.15) is 27.2 Å². The molecule has 1 nitrogen and oxygen atoms in total. The van der Waals surface area contributed by atoms with Gasteiger partial charge in [0.15, 0.2) is 5.78 Å². The van der Waals surface area contributed by atoms with Crippen molar-refractivity contribution in [1.29, 1.82) is 0 Å². The summed E-state index contributed by atoms with van der Waals surface area (Å²) >= 11 is 0. The van der Waals surface area contributed by atoms with E-state index in [-0.39, 0.29) is 5.78 Å². The first-order valence-corrected chi connectivity index (χ1v) is 3.48. The Labute approximate surface area is 62.4 Å². The van der Waals surface area contributed by atoms with Crippen LogP contribution in [-0.2, 0) is 4.79 Å². The van der Waals surface area contributed by atoms with Crippen molar-refractivity contribution in [3.8, 4) is 0 Å². The SMILES string of the molecule is C/C=C\C(=O)C/C(C)=C\C. The Morgan fingerprint density at radius 3 is 2.40 bits per heavy atom. The number of ketones is 1. The third kappa shape index (κ3) is 4.07. The van der Waals surface area contributed by atoms with Gasteiger partial charge in [0, 0.05) is 6.42 Å². The van der Waals surface area contributed by atoms with E-state index in [0.717, 1.165) is 5.57 Å². The van der Waals surface area contributed by atoms with E-state index >= 15 is 0 Å². The zero-order valence-electron chi connectivity index (χ0n) is 6.85. The van der Waals surface area contributed by atoms with E-state index in [1.165, 1.54) is 0 Å². The normalized spacial score (nSPS) is 12.5. The van der Waals surface area contributed by atoms with Crippen LogP contribution >= 0.6 is 0 Å². The van der Waals surface area contributed by atoms with Crippen LogP contribution < -0.4 is 0 Å². The van der Waals surface area contributed by atoms with Crippen LogP contribution in [0.2, 0.25) is 0 Å². The molecule has 0 spiro atoms. The first kappa shape index (κ1) is 9.15. The quantitative estimate of drug-likeness (QED) is 0.432. The molecular formula is C9H14O. The molecule has 0 heterocycles. The fraction of sp³-hybridized carbons (Fsp3) is 0.444. The molecule has 0 saturated heterocycles. The Morgan fingerprint density at radius 1 is 1.40 bits per heavy atom. The zero-order valence-corrected chi connectivity index (χ0v) is 6.85. The lowest BCUT2D eigenvalue weighted by Crippen LogP contribution is -1.92. The molecule has 0 aliphatic rings. The van der Waals surface area contributed by atoms with E-state index in [2.05, 4.69) is 0 Å². The minimum Gasteiger partial charge on any atom is -0.295 e. The highest BCUT2D eigenvalue weighted by atomic mass is 16.1. The monoisotopic (exact) mass is 138 g/mol. The number of hydrogen-bond donors (Lipinski definition) is 0. The van der Waals surface area contributed by atoms with E-state index in [9.17, 15) is 4.79 Å². The van der Waals surface area contributed by atoms with Gasteiger partial charge in [-0.05, 0) is 26.8 Å². The lowest BCUT2D eigenvalue weighted by Gasteiger charge is -1.92. The summed E-state index contributed by atoms with van der Waals surface area (Å²) in [5.74, 6) is 0.179. The Morgan fingerprint density at radius 2 is 2.00 bits per heavy atom.